The number of anilines is 1. The summed E-state index contributed by atoms with van der Waals surface area (Å²) in [5.74, 6) is -0.666. The number of aromatic carboxylic acids is 1. The first-order valence-corrected chi connectivity index (χ1v) is 6.74. The first-order chi connectivity index (χ1) is 9.50. The van der Waals surface area contributed by atoms with Gasteiger partial charge < -0.3 is 20.6 Å². The Hall–Kier alpha value is -1.66. The molecule has 0 radical (unpaired) electrons. The van der Waals surface area contributed by atoms with Crippen molar-refractivity contribution in [2.75, 3.05) is 18.5 Å². The molecule has 0 atom stereocenters. The Balaban J connectivity index is 3.12. The maximum Gasteiger partial charge on any atom is 0.335 e. The number of hydrogen-bond acceptors (Lipinski definition) is 5. The number of hydrogen-bond donors (Lipinski definition) is 4. The molecule has 0 aliphatic rings. The van der Waals surface area contributed by atoms with Crippen LogP contribution in [0.15, 0.2) is 12.1 Å². The van der Waals surface area contributed by atoms with Gasteiger partial charge in [0, 0.05) is 5.69 Å². The summed E-state index contributed by atoms with van der Waals surface area (Å²) in [5.41, 5.74) is -0.0734. The highest BCUT2D eigenvalue weighted by Gasteiger charge is 2.27. The standard InChI is InChI=1S/C14H22N2O4/c1-3-5-11-6-10(13(19)20)7-12(15-11)16-14(4-2,8-17)9-18/h6-7,17-18H,3-5,8-9H2,1-2H3,(H,15,16)(H,19,20). The number of aliphatic hydroxyl groups is 2. The number of aryl methyl sites for hydroxylation is 1. The molecule has 1 aromatic heterocycles. The molecule has 6 nitrogen and oxygen atoms in total. The minimum Gasteiger partial charge on any atom is -0.478 e. The van der Waals surface area contributed by atoms with E-state index in [0.29, 0.717) is 24.4 Å². The molecule has 0 fully saturated rings. The third-order valence-corrected chi connectivity index (χ3v) is 3.31. The smallest absolute Gasteiger partial charge is 0.335 e. The van der Waals surface area contributed by atoms with Crippen molar-refractivity contribution < 1.29 is 20.1 Å². The molecule has 0 aliphatic heterocycles. The molecule has 0 bridgehead atoms. The van der Waals surface area contributed by atoms with Gasteiger partial charge in [-0.25, -0.2) is 9.78 Å². The molecular weight excluding hydrogens is 260 g/mol. The van der Waals surface area contributed by atoms with Gasteiger partial charge >= 0.3 is 5.97 Å². The zero-order valence-electron chi connectivity index (χ0n) is 11.9. The van der Waals surface area contributed by atoms with Crippen LogP contribution in [0.5, 0.6) is 0 Å². The van der Waals surface area contributed by atoms with Gasteiger partial charge in [0.25, 0.3) is 0 Å². The second-order valence-corrected chi connectivity index (χ2v) is 4.86. The van der Waals surface area contributed by atoms with E-state index in [9.17, 15) is 15.0 Å². The van der Waals surface area contributed by atoms with Crippen LogP contribution in [0.25, 0.3) is 0 Å². The summed E-state index contributed by atoms with van der Waals surface area (Å²) >= 11 is 0. The number of carboxylic acids is 1. The van der Waals surface area contributed by atoms with Crippen LogP contribution >= 0.6 is 0 Å². The molecule has 0 aliphatic carbocycles. The fourth-order valence-electron chi connectivity index (χ4n) is 1.87. The molecule has 0 spiro atoms. The number of carboxylic acid groups (broad SMARTS) is 1. The Kier molecular flexibility index (Phi) is 5.91. The Morgan fingerprint density at radius 3 is 2.40 bits per heavy atom. The molecule has 1 aromatic rings. The summed E-state index contributed by atoms with van der Waals surface area (Å²) in [6, 6.07) is 2.96. The highest BCUT2D eigenvalue weighted by molar-refractivity contribution is 5.88. The maximum absolute atomic E-state index is 11.1. The van der Waals surface area contributed by atoms with Crippen LogP contribution in [0.2, 0.25) is 0 Å². The second kappa shape index (κ2) is 7.21. The number of rotatable bonds is 8. The zero-order chi connectivity index (χ0) is 15.2. The quantitative estimate of drug-likeness (QED) is 0.573. The van der Waals surface area contributed by atoms with Crippen molar-refractivity contribution in [3.63, 3.8) is 0 Å². The minimum atomic E-state index is -1.03. The van der Waals surface area contributed by atoms with E-state index in [2.05, 4.69) is 10.3 Å². The molecule has 0 amide bonds. The maximum atomic E-state index is 11.1. The van der Waals surface area contributed by atoms with Gasteiger partial charge in [0.1, 0.15) is 5.82 Å². The number of aliphatic hydroxyl groups excluding tert-OH is 2. The van der Waals surface area contributed by atoms with Crippen molar-refractivity contribution >= 4 is 11.8 Å². The summed E-state index contributed by atoms with van der Waals surface area (Å²) in [6.45, 7) is 3.29. The molecule has 0 saturated heterocycles. The highest BCUT2D eigenvalue weighted by atomic mass is 16.4. The van der Waals surface area contributed by atoms with Gasteiger partial charge in [-0.2, -0.15) is 0 Å². The van der Waals surface area contributed by atoms with Crippen LogP contribution in [0.4, 0.5) is 5.82 Å². The summed E-state index contributed by atoms with van der Waals surface area (Å²) in [4.78, 5) is 15.5. The van der Waals surface area contributed by atoms with E-state index in [1.165, 1.54) is 6.07 Å². The van der Waals surface area contributed by atoms with Gasteiger partial charge in [0.2, 0.25) is 0 Å². The minimum absolute atomic E-state index is 0.145. The lowest BCUT2D eigenvalue weighted by molar-refractivity contribution is 0.0696. The van der Waals surface area contributed by atoms with E-state index >= 15 is 0 Å². The van der Waals surface area contributed by atoms with Gasteiger partial charge in [-0.1, -0.05) is 20.3 Å². The van der Waals surface area contributed by atoms with E-state index in [4.69, 9.17) is 5.11 Å². The van der Waals surface area contributed by atoms with E-state index in [0.717, 1.165) is 6.42 Å². The normalized spacial score (nSPS) is 11.4. The van der Waals surface area contributed by atoms with E-state index in [-0.39, 0.29) is 18.8 Å². The predicted octanol–water partition coefficient (Wildman–Crippen LogP) is 1.28. The summed E-state index contributed by atoms with van der Waals surface area (Å²) in [5, 5.41) is 30.9. The fourth-order valence-corrected chi connectivity index (χ4v) is 1.87. The molecule has 0 aromatic carbocycles. The summed E-state index contributed by atoms with van der Waals surface area (Å²) < 4.78 is 0. The van der Waals surface area contributed by atoms with Crippen LogP contribution in [-0.2, 0) is 6.42 Å². The third kappa shape index (κ3) is 3.91. The van der Waals surface area contributed by atoms with Crippen LogP contribution in [0, 0.1) is 0 Å². The molecule has 6 heteroatoms. The van der Waals surface area contributed by atoms with E-state index < -0.39 is 11.5 Å². The summed E-state index contributed by atoms with van der Waals surface area (Å²) in [6.07, 6.45) is 2.02. The molecule has 112 valence electrons. The number of nitrogens with zero attached hydrogens (tertiary/aromatic N) is 1. The van der Waals surface area contributed by atoms with Crippen molar-refractivity contribution in [2.24, 2.45) is 0 Å². The van der Waals surface area contributed by atoms with Crippen LogP contribution in [0.1, 0.15) is 42.7 Å². The molecule has 0 saturated carbocycles. The van der Waals surface area contributed by atoms with Crippen molar-refractivity contribution in [1.82, 2.24) is 4.98 Å². The van der Waals surface area contributed by atoms with Gasteiger partial charge in [0.05, 0.1) is 24.3 Å². The first kappa shape index (κ1) is 16.4. The van der Waals surface area contributed by atoms with E-state index in [1.807, 2.05) is 13.8 Å². The van der Waals surface area contributed by atoms with Crippen molar-refractivity contribution in [1.29, 1.82) is 0 Å². The van der Waals surface area contributed by atoms with Crippen LogP contribution in [-0.4, -0.2) is 45.0 Å². The molecule has 1 rings (SSSR count). The third-order valence-electron chi connectivity index (χ3n) is 3.31. The summed E-state index contributed by atoms with van der Waals surface area (Å²) in [7, 11) is 0. The molecule has 0 unspecified atom stereocenters. The van der Waals surface area contributed by atoms with Crippen molar-refractivity contribution in [3.8, 4) is 0 Å². The van der Waals surface area contributed by atoms with Crippen molar-refractivity contribution in [3.05, 3.63) is 23.4 Å². The molecular formula is C14H22N2O4. The first-order valence-electron chi connectivity index (χ1n) is 6.74. The molecule has 20 heavy (non-hydrogen) atoms. The predicted molar refractivity (Wildman–Crippen MR) is 76.0 cm³/mol. The van der Waals surface area contributed by atoms with Crippen molar-refractivity contribution in [2.45, 2.75) is 38.6 Å². The Morgan fingerprint density at radius 2 is 1.95 bits per heavy atom. The average Bonchev–Trinajstić information content (AvgIpc) is 2.45. The van der Waals surface area contributed by atoms with Gasteiger partial charge in [-0.15, -0.1) is 0 Å². The Labute approximate surface area is 118 Å². The lowest BCUT2D eigenvalue weighted by Crippen LogP contribution is -2.45. The monoisotopic (exact) mass is 282 g/mol. The molecule has 1 heterocycles. The number of nitrogens with one attached hydrogen (secondary N) is 1. The lowest BCUT2D eigenvalue weighted by atomic mass is 9.98. The van der Waals surface area contributed by atoms with Crippen LogP contribution in [0.3, 0.4) is 0 Å². The van der Waals surface area contributed by atoms with Gasteiger partial charge in [-0.05, 0) is 25.0 Å². The largest absolute Gasteiger partial charge is 0.478 e. The second-order valence-electron chi connectivity index (χ2n) is 4.86. The average molecular weight is 282 g/mol. The fraction of sp³-hybridized carbons (Fsp3) is 0.571. The van der Waals surface area contributed by atoms with Crippen LogP contribution < -0.4 is 5.32 Å². The highest BCUT2D eigenvalue weighted by Crippen LogP contribution is 2.19. The molecule has 4 N–H and O–H groups in total. The van der Waals surface area contributed by atoms with E-state index in [1.54, 1.807) is 6.07 Å². The number of pyridine rings is 1. The zero-order valence-corrected chi connectivity index (χ0v) is 11.9. The van der Waals surface area contributed by atoms with Gasteiger partial charge in [0.15, 0.2) is 0 Å². The Bertz CT molecular complexity index is 450. The SMILES string of the molecule is CCCc1cc(C(=O)O)cc(NC(CC)(CO)CO)n1. The van der Waals surface area contributed by atoms with Gasteiger partial charge in [-0.3, -0.25) is 0 Å². The lowest BCUT2D eigenvalue weighted by Gasteiger charge is -2.30. The number of aromatic nitrogens is 1. The topological polar surface area (TPSA) is 103 Å². The number of carbonyl (C=O) groups is 1. The Morgan fingerprint density at radius 1 is 1.30 bits per heavy atom.